The molecular weight excluding hydrogens is 164 g/mol. The highest BCUT2D eigenvalue weighted by molar-refractivity contribution is 5.31. The second-order valence-electron chi connectivity index (χ2n) is 2.84. The summed E-state index contributed by atoms with van der Waals surface area (Å²) in [5.41, 5.74) is 0.979. The minimum atomic E-state index is 0.796. The van der Waals surface area contributed by atoms with E-state index in [0.29, 0.717) is 0 Å². The molecule has 1 rings (SSSR count). The van der Waals surface area contributed by atoms with E-state index in [1.807, 2.05) is 19.2 Å². The third kappa shape index (κ3) is 3.38. The van der Waals surface area contributed by atoms with E-state index in [0.717, 1.165) is 31.0 Å². The summed E-state index contributed by atoms with van der Waals surface area (Å²) in [5.74, 6) is 0.805. The van der Waals surface area contributed by atoms with Crippen LogP contribution in [-0.4, -0.2) is 23.8 Å². The lowest BCUT2D eigenvalue weighted by molar-refractivity contribution is 0.657. The van der Waals surface area contributed by atoms with Gasteiger partial charge < -0.3 is 10.6 Å². The first-order valence-electron chi connectivity index (χ1n) is 4.58. The average Bonchev–Trinajstić information content (AvgIpc) is 2.19. The van der Waals surface area contributed by atoms with E-state index in [2.05, 4.69) is 27.8 Å². The average molecular weight is 180 g/mol. The van der Waals surface area contributed by atoms with Gasteiger partial charge in [-0.1, -0.05) is 6.92 Å². The molecule has 0 fully saturated rings. The standard InChI is InChI=1S/C9H16N4/c1-3-6-11-7-8-4-5-9(10-2)13-12-8/h4-5,11H,3,6-7H2,1-2H3,(H,10,13). The molecule has 2 N–H and O–H groups in total. The minimum Gasteiger partial charge on any atom is -0.372 e. The number of nitrogens with zero attached hydrogens (tertiary/aromatic N) is 2. The molecule has 0 amide bonds. The quantitative estimate of drug-likeness (QED) is 0.664. The lowest BCUT2D eigenvalue weighted by atomic mass is 10.3. The van der Waals surface area contributed by atoms with Gasteiger partial charge in [-0.05, 0) is 25.1 Å². The molecule has 0 aromatic carbocycles. The number of anilines is 1. The van der Waals surface area contributed by atoms with Gasteiger partial charge in [0.25, 0.3) is 0 Å². The van der Waals surface area contributed by atoms with Gasteiger partial charge in [-0.2, -0.15) is 5.10 Å². The predicted octanol–water partition coefficient (Wildman–Crippen LogP) is 1.02. The van der Waals surface area contributed by atoms with Gasteiger partial charge in [0, 0.05) is 13.6 Å². The third-order valence-corrected chi connectivity index (χ3v) is 1.71. The summed E-state index contributed by atoms with van der Waals surface area (Å²) >= 11 is 0. The van der Waals surface area contributed by atoms with Crippen LogP contribution >= 0.6 is 0 Å². The molecule has 1 aromatic heterocycles. The SMILES string of the molecule is CCCNCc1ccc(NC)nn1. The van der Waals surface area contributed by atoms with E-state index in [-0.39, 0.29) is 0 Å². The number of rotatable bonds is 5. The molecule has 0 unspecified atom stereocenters. The molecular formula is C9H16N4. The molecule has 0 spiro atoms. The van der Waals surface area contributed by atoms with Gasteiger partial charge in [-0.25, -0.2) is 0 Å². The van der Waals surface area contributed by atoms with Gasteiger partial charge >= 0.3 is 0 Å². The first kappa shape index (κ1) is 9.92. The van der Waals surface area contributed by atoms with Crippen LogP contribution in [0, 0.1) is 0 Å². The van der Waals surface area contributed by atoms with Crippen LogP contribution in [-0.2, 0) is 6.54 Å². The van der Waals surface area contributed by atoms with Crippen molar-refractivity contribution in [1.29, 1.82) is 0 Å². The fourth-order valence-corrected chi connectivity index (χ4v) is 0.981. The Balaban J connectivity index is 2.40. The summed E-state index contributed by atoms with van der Waals surface area (Å²) in [6.07, 6.45) is 1.14. The predicted molar refractivity (Wildman–Crippen MR) is 53.6 cm³/mol. The third-order valence-electron chi connectivity index (χ3n) is 1.71. The molecule has 13 heavy (non-hydrogen) atoms. The largest absolute Gasteiger partial charge is 0.372 e. The van der Waals surface area contributed by atoms with Crippen molar-refractivity contribution in [1.82, 2.24) is 15.5 Å². The Morgan fingerprint density at radius 3 is 2.69 bits per heavy atom. The second kappa shape index (κ2) is 5.48. The number of nitrogens with one attached hydrogen (secondary N) is 2. The zero-order valence-corrected chi connectivity index (χ0v) is 8.17. The lowest BCUT2D eigenvalue weighted by Gasteiger charge is -2.02. The minimum absolute atomic E-state index is 0.796. The summed E-state index contributed by atoms with van der Waals surface area (Å²) in [5, 5.41) is 14.2. The van der Waals surface area contributed by atoms with Crippen LogP contribution in [0.25, 0.3) is 0 Å². The van der Waals surface area contributed by atoms with E-state index in [1.54, 1.807) is 0 Å². The first-order valence-corrected chi connectivity index (χ1v) is 4.58. The lowest BCUT2D eigenvalue weighted by Crippen LogP contribution is -2.15. The van der Waals surface area contributed by atoms with Crippen LogP contribution in [0.4, 0.5) is 5.82 Å². The molecule has 0 atom stereocenters. The van der Waals surface area contributed by atoms with Crippen LogP contribution in [0.15, 0.2) is 12.1 Å². The van der Waals surface area contributed by atoms with Gasteiger partial charge in [0.1, 0.15) is 5.82 Å². The van der Waals surface area contributed by atoms with Crippen molar-refractivity contribution in [3.05, 3.63) is 17.8 Å². The molecule has 0 aliphatic rings. The molecule has 72 valence electrons. The molecule has 1 aromatic rings. The molecule has 4 nitrogen and oxygen atoms in total. The Labute approximate surface area is 78.8 Å². The van der Waals surface area contributed by atoms with E-state index in [1.165, 1.54) is 0 Å². The van der Waals surface area contributed by atoms with Crippen LogP contribution < -0.4 is 10.6 Å². The molecule has 0 bridgehead atoms. The van der Waals surface area contributed by atoms with E-state index < -0.39 is 0 Å². The van der Waals surface area contributed by atoms with Crippen molar-refractivity contribution in [2.45, 2.75) is 19.9 Å². The topological polar surface area (TPSA) is 49.8 Å². The Hall–Kier alpha value is -1.16. The van der Waals surface area contributed by atoms with Gasteiger partial charge in [-0.15, -0.1) is 5.10 Å². The Morgan fingerprint density at radius 2 is 2.15 bits per heavy atom. The maximum Gasteiger partial charge on any atom is 0.148 e. The first-order chi connectivity index (χ1) is 6.36. The highest BCUT2D eigenvalue weighted by atomic mass is 15.2. The Bertz CT molecular complexity index is 232. The van der Waals surface area contributed by atoms with E-state index >= 15 is 0 Å². The van der Waals surface area contributed by atoms with E-state index in [9.17, 15) is 0 Å². The molecule has 0 saturated carbocycles. The van der Waals surface area contributed by atoms with E-state index in [4.69, 9.17) is 0 Å². The van der Waals surface area contributed by atoms with Crippen molar-refractivity contribution in [2.75, 3.05) is 18.9 Å². The fraction of sp³-hybridized carbons (Fsp3) is 0.556. The molecule has 4 heteroatoms. The highest BCUT2D eigenvalue weighted by Crippen LogP contribution is 1.99. The fourth-order valence-electron chi connectivity index (χ4n) is 0.981. The summed E-state index contributed by atoms with van der Waals surface area (Å²) in [6, 6.07) is 3.90. The molecule has 0 aliphatic carbocycles. The second-order valence-corrected chi connectivity index (χ2v) is 2.84. The van der Waals surface area contributed by atoms with Crippen LogP contribution in [0.2, 0.25) is 0 Å². The maximum absolute atomic E-state index is 4.05. The number of hydrogen-bond donors (Lipinski definition) is 2. The Kier molecular flexibility index (Phi) is 4.18. The number of hydrogen-bond acceptors (Lipinski definition) is 4. The normalized spacial score (nSPS) is 10.0. The van der Waals surface area contributed by atoms with Gasteiger partial charge in [0.2, 0.25) is 0 Å². The summed E-state index contributed by atoms with van der Waals surface area (Å²) in [6.45, 7) is 3.96. The van der Waals surface area contributed by atoms with Crippen LogP contribution in [0.1, 0.15) is 19.0 Å². The van der Waals surface area contributed by atoms with Crippen molar-refractivity contribution in [3.63, 3.8) is 0 Å². The van der Waals surface area contributed by atoms with Crippen LogP contribution in [0.5, 0.6) is 0 Å². The molecule has 0 aliphatic heterocycles. The van der Waals surface area contributed by atoms with Crippen molar-refractivity contribution < 1.29 is 0 Å². The molecule has 1 heterocycles. The molecule has 0 saturated heterocycles. The maximum atomic E-state index is 4.05. The number of aromatic nitrogens is 2. The van der Waals surface area contributed by atoms with Crippen molar-refractivity contribution in [2.24, 2.45) is 0 Å². The summed E-state index contributed by atoms with van der Waals surface area (Å²) in [7, 11) is 1.83. The summed E-state index contributed by atoms with van der Waals surface area (Å²) in [4.78, 5) is 0. The monoisotopic (exact) mass is 180 g/mol. The van der Waals surface area contributed by atoms with Crippen LogP contribution in [0.3, 0.4) is 0 Å². The highest BCUT2D eigenvalue weighted by Gasteiger charge is 1.94. The van der Waals surface area contributed by atoms with Crippen molar-refractivity contribution >= 4 is 5.82 Å². The van der Waals surface area contributed by atoms with Gasteiger partial charge in [0.05, 0.1) is 5.69 Å². The summed E-state index contributed by atoms with van der Waals surface area (Å²) < 4.78 is 0. The van der Waals surface area contributed by atoms with Gasteiger partial charge in [0.15, 0.2) is 0 Å². The van der Waals surface area contributed by atoms with Gasteiger partial charge in [-0.3, -0.25) is 0 Å². The Morgan fingerprint density at radius 1 is 1.31 bits per heavy atom. The molecule has 0 radical (unpaired) electrons. The zero-order chi connectivity index (χ0) is 9.52. The van der Waals surface area contributed by atoms with Crippen molar-refractivity contribution in [3.8, 4) is 0 Å². The smallest absolute Gasteiger partial charge is 0.148 e. The zero-order valence-electron chi connectivity index (χ0n) is 8.17.